The molecule has 1 N–H and O–H groups in total. The Morgan fingerprint density at radius 1 is 1.50 bits per heavy atom. The smallest absolute Gasteiger partial charge is 0.0657 e. The van der Waals surface area contributed by atoms with Crippen molar-refractivity contribution in [1.29, 1.82) is 0 Å². The maximum Gasteiger partial charge on any atom is 0.0657 e. The molecule has 0 saturated heterocycles. The van der Waals surface area contributed by atoms with Crippen LogP contribution in [0.2, 0.25) is 0 Å². The van der Waals surface area contributed by atoms with Crippen molar-refractivity contribution in [3.8, 4) is 12.3 Å². The lowest BCUT2D eigenvalue weighted by molar-refractivity contribution is -0.122. The van der Waals surface area contributed by atoms with Gasteiger partial charge in [0.2, 0.25) is 0 Å². The molecule has 80 valence electrons. The van der Waals surface area contributed by atoms with Crippen molar-refractivity contribution in [2.24, 2.45) is 5.41 Å². The molecule has 2 heteroatoms. The van der Waals surface area contributed by atoms with E-state index in [1.807, 2.05) is 7.11 Å². The fourth-order valence-corrected chi connectivity index (χ4v) is 2.75. The predicted octanol–water partition coefficient (Wildman–Crippen LogP) is 1.80. The third kappa shape index (κ3) is 1.67. The quantitative estimate of drug-likeness (QED) is 0.675. The number of ether oxygens (including phenoxy) is 1. The molecule has 0 aromatic rings. The molecule has 0 radical (unpaired) electrons. The van der Waals surface area contributed by atoms with E-state index in [4.69, 9.17) is 11.2 Å². The summed E-state index contributed by atoms with van der Waals surface area (Å²) in [6, 6.07) is 0.540. The normalized spacial score (nSPS) is 29.3. The molecular formula is C12H21NO. The van der Waals surface area contributed by atoms with Crippen LogP contribution in [-0.2, 0) is 4.74 Å². The van der Waals surface area contributed by atoms with Crippen molar-refractivity contribution in [1.82, 2.24) is 5.32 Å². The Labute approximate surface area is 87.4 Å². The summed E-state index contributed by atoms with van der Waals surface area (Å²) in [4.78, 5) is 0. The van der Waals surface area contributed by atoms with Crippen molar-refractivity contribution in [2.45, 2.75) is 45.3 Å². The van der Waals surface area contributed by atoms with Crippen molar-refractivity contribution >= 4 is 0 Å². The average Bonchev–Trinajstić information content (AvgIpc) is 2.19. The highest BCUT2D eigenvalue weighted by Gasteiger charge is 2.52. The van der Waals surface area contributed by atoms with Gasteiger partial charge in [-0.3, -0.25) is 0 Å². The van der Waals surface area contributed by atoms with Crippen LogP contribution in [0.25, 0.3) is 0 Å². The first-order valence-electron chi connectivity index (χ1n) is 5.44. The van der Waals surface area contributed by atoms with Crippen LogP contribution in [0.3, 0.4) is 0 Å². The van der Waals surface area contributed by atoms with Crippen LogP contribution in [0.1, 0.15) is 33.1 Å². The van der Waals surface area contributed by atoms with Crippen molar-refractivity contribution < 1.29 is 4.74 Å². The molecule has 1 saturated carbocycles. The summed E-state index contributed by atoms with van der Waals surface area (Å²) in [6.07, 6.45) is 9.07. The largest absolute Gasteiger partial charge is 0.381 e. The highest BCUT2D eigenvalue weighted by atomic mass is 16.5. The van der Waals surface area contributed by atoms with Gasteiger partial charge in [-0.2, -0.15) is 0 Å². The van der Waals surface area contributed by atoms with Crippen LogP contribution in [-0.4, -0.2) is 25.8 Å². The maximum atomic E-state index is 5.50. The van der Waals surface area contributed by atoms with E-state index in [9.17, 15) is 0 Å². The number of terminal acetylenes is 1. The summed E-state index contributed by atoms with van der Waals surface area (Å²) in [5.74, 6) is 2.63. The molecule has 14 heavy (non-hydrogen) atoms. The molecule has 1 rings (SSSR count). The van der Waals surface area contributed by atoms with E-state index in [1.165, 1.54) is 0 Å². The third-order valence-electron chi connectivity index (χ3n) is 3.84. The first-order chi connectivity index (χ1) is 6.75. The SMILES string of the molecule is C#CCNC1CC(OC)C1(CC)CC. The Morgan fingerprint density at radius 3 is 2.57 bits per heavy atom. The monoisotopic (exact) mass is 195 g/mol. The summed E-state index contributed by atoms with van der Waals surface area (Å²) in [5.41, 5.74) is 0.311. The molecule has 0 aromatic carbocycles. The zero-order chi connectivity index (χ0) is 10.6. The topological polar surface area (TPSA) is 21.3 Å². The van der Waals surface area contributed by atoms with Gasteiger partial charge in [-0.05, 0) is 19.3 Å². The zero-order valence-electron chi connectivity index (χ0n) is 9.47. The minimum absolute atomic E-state index is 0.311. The van der Waals surface area contributed by atoms with Crippen molar-refractivity contribution in [3.63, 3.8) is 0 Å². The number of hydrogen-bond donors (Lipinski definition) is 1. The lowest BCUT2D eigenvalue weighted by Gasteiger charge is -2.55. The van der Waals surface area contributed by atoms with Gasteiger partial charge in [-0.15, -0.1) is 6.42 Å². The Hall–Kier alpha value is -0.520. The summed E-state index contributed by atoms with van der Waals surface area (Å²) < 4.78 is 5.50. The van der Waals surface area contributed by atoms with Crippen molar-refractivity contribution in [2.75, 3.05) is 13.7 Å². The van der Waals surface area contributed by atoms with Crippen LogP contribution in [0.15, 0.2) is 0 Å². The van der Waals surface area contributed by atoms with E-state index in [0.717, 1.165) is 19.3 Å². The summed E-state index contributed by atoms with van der Waals surface area (Å²) in [5, 5.41) is 3.41. The molecule has 1 aliphatic carbocycles. The molecule has 0 amide bonds. The van der Waals surface area contributed by atoms with Gasteiger partial charge in [-0.25, -0.2) is 0 Å². The number of rotatable bonds is 5. The molecular weight excluding hydrogens is 174 g/mol. The van der Waals surface area contributed by atoms with Gasteiger partial charge in [0.25, 0.3) is 0 Å². The molecule has 1 fully saturated rings. The Kier molecular flexibility index (Phi) is 3.97. The first kappa shape index (κ1) is 11.6. The predicted molar refractivity (Wildman–Crippen MR) is 59.1 cm³/mol. The maximum absolute atomic E-state index is 5.50. The van der Waals surface area contributed by atoms with Gasteiger partial charge < -0.3 is 10.1 Å². The fourth-order valence-electron chi connectivity index (χ4n) is 2.75. The van der Waals surface area contributed by atoms with E-state index < -0.39 is 0 Å². The van der Waals surface area contributed by atoms with Gasteiger partial charge in [0.1, 0.15) is 0 Å². The highest BCUT2D eigenvalue weighted by Crippen LogP contribution is 2.48. The Bertz CT molecular complexity index is 215. The van der Waals surface area contributed by atoms with Gasteiger partial charge in [0, 0.05) is 18.6 Å². The minimum Gasteiger partial charge on any atom is -0.381 e. The van der Waals surface area contributed by atoms with E-state index in [0.29, 0.717) is 24.1 Å². The molecule has 0 bridgehead atoms. The van der Waals surface area contributed by atoms with Gasteiger partial charge in [0.05, 0.1) is 12.6 Å². The standard InChI is InChI=1S/C12H21NO/c1-5-8-13-10-9-11(14-4)12(10,6-2)7-3/h1,10-11,13H,6-9H2,2-4H3. The van der Waals surface area contributed by atoms with Crippen molar-refractivity contribution in [3.05, 3.63) is 0 Å². The molecule has 2 atom stereocenters. The number of nitrogens with one attached hydrogen (secondary N) is 1. The fraction of sp³-hybridized carbons (Fsp3) is 0.833. The zero-order valence-corrected chi connectivity index (χ0v) is 9.47. The molecule has 2 nitrogen and oxygen atoms in total. The molecule has 0 aliphatic heterocycles. The summed E-state index contributed by atoms with van der Waals surface area (Å²) in [7, 11) is 1.81. The lowest BCUT2D eigenvalue weighted by Crippen LogP contribution is -2.63. The Balaban J connectivity index is 2.59. The molecule has 0 spiro atoms. The van der Waals surface area contributed by atoms with E-state index in [-0.39, 0.29) is 0 Å². The van der Waals surface area contributed by atoms with E-state index >= 15 is 0 Å². The molecule has 2 unspecified atom stereocenters. The van der Waals surface area contributed by atoms with Crippen LogP contribution in [0.4, 0.5) is 0 Å². The first-order valence-corrected chi connectivity index (χ1v) is 5.44. The molecule has 1 aliphatic rings. The minimum atomic E-state index is 0.311. The lowest BCUT2D eigenvalue weighted by atomic mass is 9.58. The average molecular weight is 195 g/mol. The Morgan fingerprint density at radius 2 is 2.14 bits per heavy atom. The van der Waals surface area contributed by atoms with Gasteiger partial charge in [0.15, 0.2) is 0 Å². The summed E-state index contributed by atoms with van der Waals surface area (Å²) in [6.45, 7) is 5.14. The van der Waals surface area contributed by atoms with E-state index in [1.54, 1.807) is 0 Å². The van der Waals surface area contributed by atoms with Crippen LogP contribution >= 0.6 is 0 Å². The second kappa shape index (κ2) is 4.82. The van der Waals surface area contributed by atoms with E-state index in [2.05, 4.69) is 25.1 Å². The summed E-state index contributed by atoms with van der Waals surface area (Å²) >= 11 is 0. The third-order valence-corrected chi connectivity index (χ3v) is 3.84. The second-order valence-electron chi connectivity index (χ2n) is 4.04. The van der Waals surface area contributed by atoms with Crippen LogP contribution < -0.4 is 5.32 Å². The van der Waals surface area contributed by atoms with Crippen LogP contribution in [0.5, 0.6) is 0 Å². The molecule has 0 aromatic heterocycles. The second-order valence-corrected chi connectivity index (χ2v) is 4.04. The molecule has 0 heterocycles. The number of methoxy groups -OCH3 is 1. The van der Waals surface area contributed by atoms with Crippen LogP contribution in [0, 0.1) is 17.8 Å². The van der Waals surface area contributed by atoms with Gasteiger partial charge >= 0.3 is 0 Å². The number of hydrogen-bond acceptors (Lipinski definition) is 2. The van der Waals surface area contributed by atoms with Gasteiger partial charge in [-0.1, -0.05) is 19.8 Å². The highest BCUT2D eigenvalue weighted by molar-refractivity contribution is 5.07.